The van der Waals surface area contributed by atoms with Crippen LogP contribution in [-0.4, -0.2) is 17.0 Å². The van der Waals surface area contributed by atoms with E-state index in [0.29, 0.717) is 6.42 Å². The number of allylic oxidation sites excluding steroid dienone is 1. The number of carbonyl (C=O) groups is 1. The lowest BCUT2D eigenvalue weighted by Gasteiger charge is -2.13. The maximum atomic E-state index is 11.7. The molecule has 1 aliphatic carbocycles. The van der Waals surface area contributed by atoms with Crippen LogP contribution in [0.15, 0.2) is 11.6 Å². The summed E-state index contributed by atoms with van der Waals surface area (Å²) in [5.41, 5.74) is 0.860. The minimum absolute atomic E-state index is 0.0469. The first kappa shape index (κ1) is 11.4. The number of Topliss-reactive ketones (excluding diaryl/α,β-unsaturated/α-hetero) is 1. The Morgan fingerprint density at radius 1 is 1.43 bits per heavy atom. The second-order valence-corrected chi connectivity index (χ2v) is 3.97. The lowest BCUT2D eigenvalue weighted by molar-refractivity contribution is -0.123. The molecule has 1 rings (SSSR count). The normalized spacial score (nSPS) is 24.3. The van der Waals surface area contributed by atoms with E-state index in [-0.39, 0.29) is 5.78 Å². The molecule has 0 bridgehead atoms. The fourth-order valence-corrected chi connectivity index (χ4v) is 1.81. The molecule has 0 heterocycles. The van der Waals surface area contributed by atoms with Gasteiger partial charge in [-0.15, -0.1) is 0 Å². The van der Waals surface area contributed by atoms with Gasteiger partial charge in [0.05, 0.1) is 0 Å². The average molecular weight is 196 g/mol. The van der Waals surface area contributed by atoms with Gasteiger partial charge in [-0.2, -0.15) is 0 Å². The number of rotatable bonds is 3. The Balaban J connectivity index is 2.58. The molecule has 0 aliphatic heterocycles. The van der Waals surface area contributed by atoms with Crippen molar-refractivity contribution in [2.24, 2.45) is 0 Å². The summed E-state index contributed by atoms with van der Waals surface area (Å²) in [4.78, 5) is 11.7. The molecule has 14 heavy (non-hydrogen) atoms. The van der Waals surface area contributed by atoms with Crippen molar-refractivity contribution in [2.45, 2.75) is 58.0 Å². The van der Waals surface area contributed by atoms with Crippen LogP contribution in [0.25, 0.3) is 0 Å². The van der Waals surface area contributed by atoms with Crippen LogP contribution in [0.5, 0.6) is 0 Å². The molecule has 0 aromatic rings. The zero-order valence-electron chi connectivity index (χ0n) is 8.96. The molecule has 0 spiro atoms. The van der Waals surface area contributed by atoms with Crippen molar-refractivity contribution in [1.29, 1.82) is 0 Å². The standard InChI is InChI=1S/C12H20O2/c1-2-11(13)12(14)10-8-6-4-3-5-7-9-10/h8,11,13H,2-7,9H2,1H3/b10-8+. The zero-order chi connectivity index (χ0) is 10.4. The third kappa shape index (κ3) is 3.26. The predicted octanol–water partition coefficient (Wildman–Crippen LogP) is 2.61. The van der Waals surface area contributed by atoms with Gasteiger partial charge in [-0.05, 0) is 37.7 Å². The van der Waals surface area contributed by atoms with Gasteiger partial charge in [0.1, 0.15) is 6.10 Å². The summed E-state index contributed by atoms with van der Waals surface area (Å²) in [7, 11) is 0. The fraction of sp³-hybridized carbons (Fsp3) is 0.750. The van der Waals surface area contributed by atoms with Crippen molar-refractivity contribution in [2.75, 3.05) is 0 Å². The molecule has 0 saturated carbocycles. The van der Waals surface area contributed by atoms with Gasteiger partial charge in [0.15, 0.2) is 5.78 Å². The quantitative estimate of drug-likeness (QED) is 0.753. The van der Waals surface area contributed by atoms with Crippen molar-refractivity contribution < 1.29 is 9.90 Å². The number of carbonyl (C=O) groups excluding carboxylic acids is 1. The molecule has 1 unspecified atom stereocenters. The van der Waals surface area contributed by atoms with Gasteiger partial charge in [0.25, 0.3) is 0 Å². The molecule has 0 amide bonds. The zero-order valence-corrected chi connectivity index (χ0v) is 8.96. The molecule has 1 N–H and O–H groups in total. The largest absolute Gasteiger partial charge is 0.385 e. The molecule has 80 valence electrons. The van der Waals surface area contributed by atoms with Crippen LogP contribution in [0.1, 0.15) is 51.9 Å². The highest BCUT2D eigenvalue weighted by Crippen LogP contribution is 2.19. The molecule has 1 aliphatic rings. The molecule has 0 aromatic heterocycles. The highest BCUT2D eigenvalue weighted by molar-refractivity contribution is 5.98. The molecule has 2 nitrogen and oxygen atoms in total. The molecule has 0 saturated heterocycles. The number of hydrogen-bond donors (Lipinski definition) is 1. The molecule has 1 atom stereocenters. The van der Waals surface area contributed by atoms with Gasteiger partial charge in [-0.25, -0.2) is 0 Å². The van der Waals surface area contributed by atoms with E-state index >= 15 is 0 Å². The minimum Gasteiger partial charge on any atom is -0.385 e. The number of ketones is 1. The summed E-state index contributed by atoms with van der Waals surface area (Å²) in [5, 5.41) is 9.45. The van der Waals surface area contributed by atoms with E-state index < -0.39 is 6.10 Å². The molecule has 0 radical (unpaired) electrons. The van der Waals surface area contributed by atoms with Crippen molar-refractivity contribution >= 4 is 5.78 Å². The Hall–Kier alpha value is -0.630. The molecular weight excluding hydrogens is 176 g/mol. The van der Waals surface area contributed by atoms with Gasteiger partial charge < -0.3 is 5.11 Å². The minimum atomic E-state index is -0.777. The second-order valence-electron chi connectivity index (χ2n) is 3.97. The third-order valence-corrected chi connectivity index (χ3v) is 2.80. The highest BCUT2D eigenvalue weighted by atomic mass is 16.3. The van der Waals surface area contributed by atoms with Gasteiger partial charge in [0.2, 0.25) is 0 Å². The van der Waals surface area contributed by atoms with Crippen molar-refractivity contribution in [1.82, 2.24) is 0 Å². The van der Waals surface area contributed by atoms with Crippen LogP contribution >= 0.6 is 0 Å². The average Bonchev–Trinajstić information content (AvgIpc) is 2.15. The topological polar surface area (TPSA) is 37.3 Å². The van der Waals surface area contributed by atoms with Crippen molar-refractivity contribution in [3.05, 3.63) is 11.6 Å². The molecule has 2 heteroatoms. The first-order valence-corrected chi connectivity index (χ1v) is 5.67. The van der Waals surface area contributed by atoms with E-state index in [1.165, 1.54) is 19.3 Å². The first-order chi connectivity index (χ1) is 6.75. The molecular formula is C12H20O2. The Morgan fingerprint density at radius 2 is 2.14 bits per heavy atom. The first-order valence-electron chi connectivity index (χ1n) is 5.67. The summed E-state index contributed by atoms with van der Waals surface area (Å²) < 4.78 is 0. The maximum absolute atomic E-state index is 11.7. The van der Waals surface area contributed by atoms with Crippen LogP contribution < -0.4 is 0 Å². The molecule has 0 fully saturated rings. The Morgan fingerprint density at radius 3 is 2.86 bits per heavy atom. The second kappa shape index (κ2) is 5.97. The lowest BCUT2D eigenvalue weighted by atomic mass is 9.94. The Bertz CT molecular complexity index is 218. The highest BCUT2D eigenvalue weighted by Gasteiger charge is 2.17. The van der Waals surface area contributed by atoms with E-state index in [1.54, 1.807) is 0 Å². The van der Waals surface area contributed by atoms with E-state index in [0.717, 1.165) is 24.8 Å². The van der Waals surface area contributed by atoms with E-state index in [2.05, 4.69) is 0 Å². The summed E-state index contributed by atoms with van der Waals surface area (Å²) in [6.45, 7) is 1.84. The van der Waals surface area contributed by atoms with Crippen LogP contribution in [0.2, 0.25) is 0 Å². The Kier molecular flexibility index (Phi) is 4.88. The van der Waals surface area contributed by atoms with E-state index in [1.807, 2.05) is 13.0 Å². The van der Waals surface area contributed by atoms with Gasteiger partial charge in [-0.1, -0.05) is 25.8 Å². The smallest absolute Gasteiger partial charge is 0.186 e. The van der Waals surface area contributed by atoms with Crippen molar-refractivity contribution in [3.63, 3.8) is 0 Å². The summed E-state index contributed by atoms with van der Waals surface area (Å²) in [6, 6.07) is 0. The summed E-state index contributed by atoms with van der Waals surface area (Å²) in [6.07, 6.45) is 8.39. The number of aliphatic hydroxyl groups is 1. The lowest BCUT2D eigenvalue weighted by Crippen LogP contribution is -2.21. The Labute approximate surface area is 86.0 Å². The molecule has 0 aromatic carbocycles. The third-order valence-electron chi connectivity index (χ3n) is 2.80. The summed E-state index contributed by atoms with van der Waals surface area (Å²) in [5.74, 6) is -0.0469. The maximum Gasteiger partial charge on any atom is 0.186 e. The van der Waals surface area contributed by atoms with Gasteiger partial charge in [0, 0.05) is 0 Å². The van der Waals surface area contributed by atoms with Crippen molar-refractivity contribution in [3.8, 4) is 0 Å². The SMILES string of the molecule is CCC(O)C(=O)/C1=C/CCCCCC1. The predicted molar refractivity (Wildman–Crippen MR) is 57.1 cm³/mol. The van der Waals surface area contributed by atoms with Crippen LogP contribution in [0.3, 0.4) is 0 Å². The van der Waals surface area contributed by atoms with E-state index in [4.69, 9.17) is 0 Å². The fourth-order valence-electron chi connectivity index (χ4n) is 1.81. The van der Waals surface area contributed by atoms with E-state index in [9.17, 15) is 9.90 Å². The monoisotopic (exact) mass is 196 g/mol. The summed E-state index contributed by atoms with van der Waals surface area (Å²) >= 11 is 0. The van der Waals surface area contributed by atoms with Crippen LogP contribution in [0.4, 0.5) is 0 Å². The van der Waals surface area contributed by atoms with Gasteiger partial charge >= 0.3 is 0 Å². The van der Waals surface area contributed by atoms with Gasteiger partial charge in [-0.3, -0.25) is 4.79 Å². The number of aliphatic hydroxyl groups excluding tert-OH is 1. The van der Waals surface area contributed by atoms with Crippen LogP contribution in [0, 0.1) is 0 Å². The van der Waals surface area contributed by atoms with Crippen LogP contribution in [-0.2, 0) is 4.79 Å². The number of hydrogen-bond acceptors (Lipinski definition) is 2.